The van der Waals surface area contributed by atoms with Crippen molar-refractivity contribution in [3.63, 3.8) is 0 Å². The molecule has 3 heterocycles. The Labute approximate surface area is 182 Å². The smallest absolute Gasteiger partial charge is 0.319 e. The molecule has 2 amide bonds. The van der Waals surface area contributed by atoms with Crippen LogP contribution in [-0.2, 0) is 11.3 Å². The second kappa shape index (κ2) is 9.34. The Kier molecular flexibility index (Phi) is 6.36. The molecule has 0 unspecified atom stereocenters. The number of carbonyl (C=O) groups is 1. The van der Waals surface area contributed by atoms with E-state index in [2.05, 4.69) is 33.1 Å². The summed E-state index contributed by atoms with van der Waals surface area (Å²) in [5, 5.41) is 5.57. The zero-order chi connectivity index (χ0) is 21.8. The van der Waals surface area contributed by atoms with Gasteiger partial charge in [0.05, 0.1) is 24.6 Å². The third-order valence-corrected chi connectivity index (χ3v) is 5.45. The Balaban J connectivity index is 1.74. The van der Waals surface area contributed by atoms with Gasteiger partial charge in [-0.05, 0) is 38.5 Å². The summed E-state index contributed by atoms with van der Waals surface area (Å²) < 4.78 is 7.76. The second-order valence-electron chi connectivity index (χ2n) is 7.67. The molecule has 164 valence electrons. The minimum atomic E-state index is -0.205. The Morgan fingerprint density at radius 2 is 1.87 bits per heavy atom. The normalized spacial score (nSPS) is 14.1. The van der Waals surface area contributed by atoms with Gasteiger partial charge in [0.2, 0.25) is 0 Å². The number of pyridine rings is 1. The topological polar surface area (TPSA) is 84.3 Å². The molecule has 1 saturated heterocycles. The molecule has 4 rings (SSSR count). The fourth-order valence-electron chi connectivity index (χ4n) is 3.93. The molecule has 31 heavy (non-hydrogen) atoms. The predicted octanol–water partition coefficient (Wildman–Crippen LogP) is 3.79. The Bertz CT molecular complexity index is 1050. The van der Waals surface area contributed by atoms with E-state index in [0.29, 0.717) is 19.8 Å². The molecule has 0 radical (unpaired) electrons. The minimum Gasteiger partial charge on any atom is -0.378 e. The van der Waals surface area contributed by atoms with Crippen LogP contribution < -0.4 is 15.5 Å². The fourth-order valence-corrected chi connectivity index (χ4v) is 3.93. The number of rotatable bonds is 6. The Morgan fingerprint density at radius 1 is 1.13 bits per heavy atom. The number of carbonyl (C=O) groups excluding carboxylic acids is 1. The lowest BCUT2D eigenvalue weighted by Crippen LogP contribution is -2.36. The van der Waals surface area contributed by atoms with Gasteiger partial charge in [0.25, 0.3) is 0 Å². The second-order valence-corrected chi connectivity index (χ2v) is 7.67. The van der Waals surface area contributed by atoms with Gasteiger partial charge in [-0.1, -0.05) is 19.1 Å². The molecule has 3 aromatic rings. The van der Waals surface area contributed by atoms with Crippen LogP contribution in [0, 0.1) is 6.92 Å². The molecule has 2 N–H and O–H groups in total. The average molecular weight is 423 g/mol. The van der Waals surface area contributed by atoms with Crippen LogP contribution in [0.2, 0.25) is 0 Å². The first kappa shape index (κ1) is 21.1. The molecule has 0 bridgehead atoms. The first-order chi connectivity index (χ1) is 15.1. The van der Waals surface area contributed by atoms with Crippen molar-refractivity contribution in [1.82, 2.24) is 19.9 Å². The standard InChI is InChI=1S/C23H30N6O2/c1-4-10-29-16(3)25-21-20(28-11-13-31-14-12-28)15-19(27-22(21)29)17-6-8-18(9-7-17)26-23(30)24-5-2/h6-9,15H,4-5,10-14H2,1-3H3,(H2,24,26,30). The summed E-state index contributed by atoms with van der Waals surface area (Å²) in [4.78, 5) is 24.0. The van der Waals surface area contributed by atoms with Gasteiger partial charge in [0, 0.05) is 37.4 Å². The zero-order valence-electron chi connectivity index (χ0n) is 18.4. The molecule has 1 aliphatic heterocycles. The first-order valence-electron chi connectivity index (χ1n) is 11.0. The number of amides is 2. The number of nitrogens with one attached hydrogen (secondary N) is 2. The Morgan fingerprint density at radius 3 is 2.55 bits per heavy atom. The zero-order valence-corrected chi connectivity index (χ0v) is 18.4. The number of ether oxygens (including phenoxy) is 1. The summed E-state index contributed by atoms with van der Waals surface area (Å²) in [6, 6.07) is 9.71. The van der Waals surface area contributed by atoms with E-state index in [9.17, 15) is 4.79 Å². The van der Waals surface area contributed by atoms with Crippen LogP contribution in [0.1, 0.15) is 26.1 Å². The number of hydrogen-bond donors (Lipinski definition) is 2. The number of fused-ring (bicyclic) bond motifs is 1. The highest BCUT2D eigenvalue weighted by molar-refractivity contribution is 5.91. The minimum absolute atomic E-state index is 0.205. The van der Waals surface area contributed by atoms with Gasteiger partial charge in [0.15, 0.2) is 5.65 Å². The molecule has 8 heteroatoms. The lowest BCUT2D eigenvalue weighted by atomic mass is 10.1. The number of benzene rings is 1. The maximum Gasteiger partial charge on any atom is 0.319 e. The van der Waals surface area contributed by atoms with Gasteiger partial charge < -0.3 is 24.8 Å². The third kappa shape index (κ3) is 4.49. The largest absolute Gasteiger partial charge is 0.378 e. The summed E-state index contributed by atoms with van der Waals surface area (Å²) >= 11 is 0. The molecule has 1 aromatic carbocycles. The van der Waals surface area contributed by atoms with Crippen LogP contribution in [0.3, 0.4) is 0 Å². The number of hydrogen-bond acceptors (Lipinski definition) is 5. The van der Waals surface area contributed by atoms with Crippen LogP contribution in [0.5, 0.6) is 0 Å². The summed E-state index contributed by atoms with van der Waals surface area (Å²) in [6.07, 6.45) is 1.02. The van der Waals surface area contributed by atoms with Gasteiger partial charge >= 0.3 is 6.03 Å². The number of aryl methyl sites for hydroxylation is 2. The fraction of sp³-hybridized carbons (Fsp3) is 0.435. The molecule has 1 fully saturated rings. The number of anilines is 2. The molecular weight excluding hydrogens is 392 g/mol. The number of nitrogens with zero attached hydrogens (tertiary/aromatic N) is 4. The van der Waals surface area contributed by atoms with Crippen molar-refractivity contribution in [3.8, 4) is 11.3 Å². The van der Waals surface area contributed by atoms with E-state index in [1.807, 2.05) is 38.1 Å². The van der Waals surface area contributed by atoms with Crippen LogP contribution in [0.25, 0.3) is 22.4 Å². The average Bonchev–Trinajstić information content (AvgIpc) is 3.10. The van der Waals surface area contributed by atoms with E-state index in [-0.39, 0.29) is 6.03 Å². The highest BCUT2D eigenvalue weighted by atomic mass is 16.5. The van der Waals surface area contributed by atoms with Crippen molar-refractivity contribution < 1.29 is 9.53 Å². The van der Waals surface area contributed by atoms with Gasteiger partial charge in [-0.3, -0.25) is 0 Å². The summed E-state index contributed by atoms with van der Waals surface area (Å²) in [5.74, 6) is 0.984. The molecule has 0 atom stereocenters. The molecular formula is C23H30N6O2. The highest BCUT2D eigenvalue weighted by Gasteiger charge is 2.20. The van der Waals surface area contributed by atoms with Crippen LogP contribution in [-0.4, -0.2) is 53.4 Å². The Hall–Kier alpha value is -3.13. The van der Waals surface area contributed by atoms with E-state index in [4.69, 9.17) is 14.7 Å². The maximum absolute atomic E-state index is 11.8. The van der Waals surface area contributed by atoms with Gasteiger partial charge in [0.1, 0.15) is 11.3 Å². The van der Waals surface area contributed by atoms with Crippen LogP contribution >= 0.6 is 0 Å². The lowest BCUT2D eigenvalue weighted by molar-refractivity contribution is 0.123. The number of imidazole rings is 1. The SMILES string of the molecule is CCCn1c(C)nc2c(N3CCOCC3)cc(-c3ccc(NC(=O)NCC)cc3)nc21. The third-order valence-electron chi connectivity index (χ3n) is 5.45. The molecule has 8 nitrogen and oxygen atoms in total. The van der Waals surface area contributed by atoms with E-state index in [0.717, 1.165) is 65.7 Å². The van der Waals surface area contributed by atoms with E-state index >= 15 is 0 Å². The summed E-state index contributed by atoms with van der Waals surface area (Å²) in [5.41, 5.74) is 5.62. The molecule has 0 saturated carbocycles. The highest BCUT2D eigenvalue weighted by Crippen LogP contribution is 2.32. The van der Waals surface area contributed by atoms with Gasteiger partial charge in [-0.25, -0.2) is 14.8 Å². The summed E-state index contributed by atoms with van der Waals surface area (Å²) in [7, 11) is 0. The van der Waals surface area contributed by atoms with Crippen molar-refractivity contribution in [2.24, 2.45) is 0 Å². The van der Waals surface area contributed by atoms with Crippen LogP contribution in [0.4, 0.5) is 16.2 Å². The summed E-state index contributed by atoms with van der Waals surface area (Å²) in [6.45, 7) is 10.7. The maximum atomic E-state index is 11.8. The van der Waals surface area contributed by atoms with Gasteiger partial charge in [-0.2, -0.15) is 0 Å². The van der Waals surface area contributed by atoms with Crippen molar-refractivity contribution >= 4 is 28.6 Å². The molecule has 0 aliphatic carbocycles. The number of aromatic nitrogens is 3. The predicted molar refractivity (Wildman–Crippen MR) is 124 cm³/mol. The van der Waals surface area contributed by atoms with Crippen molar-refractivity contribution in [1.29, 1.82) is 0 Å². The van der Waals surface area contributed by atoms with Crippen molar-refractivity contribution in [2.75, 3.05) is 43.1 Å². The first-order valence-corrected chi connectivity index (χ1v) is 11.0. The lowest BCUT2D eigenvalue weighted by Gasteiger charge is -2.29. The molecule has 2 aromatic heterocycles. The van der Waals surface area contributed by atoms with Gasteiger partial charge in [-0.15, -0.1) is 0 Å². The van der Waals surface area contributed by atoms with E-state index in [1.165, 1.54) is 0 Å². The number of urea groups is 1. The molecule has 0 spiro atoms. The number of morpholine rings is 1. The van der Waals surface area contributed by atoms with E-state index < -0.39 is 0 Å². The van der Waals surface area contributed by atoms with E-state index in [1.54, 1.807) is 0 Å². The van der Waals surface area contributed by atoms with Crippen molar-refractivity contribution in [3.05, 3.63) is 36.2 Å². The quantitative estimate of drug-likeness (QED) is 0.631. The van der Waals surface area contributed by atoms with Crippen molar-refractivity contribution in [2.45, 2.75) is 33.7 Å². The monoisotopic (exact) mass is 422 g/mol. The van der Waals surface area contributed by atoms with Crippen LogP contribution in [0.15, 0.2) is 30.3 Å². The molecule has 1 aliphatic rings.